The maximum atomic E-state index is 12.0. The van der Waals surface area contributed by atoms with E-state index in [0.717, 1.165) is 32.1 Å². The summed E-state index contributed by atoms with van der Waals surface area (Å²) in [5, 5.41) is 28.8. The topological polar surface area (TPSA) is 228 Å². The van der Waals surface area contributed by atoms with Gasteiger partial charge in [-0.15, -0.1) is 0 Å². The minimum absolute atomic E-state index is 0.0356. The first-order chi connectivity index (χ1) is 27.6. The fourth-order valence-electron chi connectivity index (χ4n) is 5.71. The number of carbonyl (C=O) groups is 6. The van der Waals surface area contributed by atoms with E-state index in [4.69, 9.17) is 24.1 Å². The van der Waals surface area contributed by atoms with Gasteiger partial charge >= 0.3 is 11.9 Å². The molecular weight excluding hydrogens is 808 g/mol. The van der Waals surface area contributed by atoms with Crippen LogP contribution >= 0.6 is 15.9 Å². The summed E-state index contributed by atoms with van der Waals surface area (Å²) in [5.41, 5.74) is 0. The van der Waals surface area contributed by atoms with Crippen molar-refractivity contribution < 1.29 is 57.9 Å². The normalized spacial score (nSPS) is 11.5. The van der Waals surface area contributed by atoms with E-state index in [2.05, 4.69) is 37.2 Å². The molecule has 16 nitrogen and oxygen atoms in total. The van der Waals surface area contributed by atoms with Crippen LogP contribution in [0.5, 0.6) is 0 Å². The van der Waals surface area contributed by atoms with Gasteiger partial charge in [-0.25, -0.2) is 4.79 Å². The number of unbranched alkanes of at least 4 members (excludes halogenated alkanes) is 16. The van der Waals surface area contributed by atoms with Gasteiger partial charge in [-0.05, 0) is 32.1 Å². The van der Waals surface area contributed by atoms with E-state index >= 15 is 0 Å². The molecule has 0 unspecified atom stereocenters. The molecule has 0 aliphatic carbocycles. The van der Waals surface area contributed by atoms with Crippen LogP contribution in [0.2, 0.25) is 0 Å². The molecule has 57 heavy (non-hydrogen) atoms. The summed E-state index contributed by atoms with van der Waals surface area (Å²) < 4.78 is 21.3. The molecule has 0 spiro atoms. The van der Waals surface area contributed by atoms with Crippen molar-refractivity contribution in [2.24, 2.45) is 0 Å². The Morgan fingerprint density at radius 2 is 0.860 bits per heavy atom. The van der Waals surface area contributed by atoms with Crippen molar-refractivity contribution >= 4 is 51.5 Å². The Hall–Kier alpha value is -2.86. The number of carboxylic acid groups (broad SMARTS) is 2. The molecular formula is C40H73BrN4O12. The molecule has 0 saturated carbocycles. The minimum Gasteiger partial charge on any atom is -0.481 e. The summed E-state index contributed by atoms with van der Waals surface area (Å²) in [4.78, 5) is 69.0. The van der Waals surface area contributed by atoms with Crippen molar-refractivity contribution in [3.05, 3.63) is 0 Å². The fourth-order valence-corrected chi connectivity index (χ4v) is 5.91. The number of carbonyl (C=O) groups excluding carboxylic acids is 4. The van der Waals surface area contributed by atoms with Crippen LogP contribution in [-0.4, -0.2) is 130 Å². The average Bonchev–Trinajstić information content (AvgIpc) is 3.18. The van der Waals surface area contributed by atoms with Gasteiger partial charge in [0, 0.05) is 32.5 Å². The Morgan fingerprint density at radius 3 is 1.33 bits per heavy atom. The molecule has 0 rings (SSSR count). The second kappa shape index (κ2) is 41.3. The summed E-state index contributed by atoms with van der Waals surface area (Å²) in [6.07, 6.45) is 21.1. The van der Waals surface area contributed by atoms with Gasteiger partial charge in [0.2, 0.25) is 23.6 Å². The van der Waals surface area contributed by atoms with Crippen LogP contribution in [0.1, 0.15) is 135 Å². The summed E-state index contributed by atoms with van der Waals surface area (Å²) in [7, 11) is 0. The number of amides is 4. The second-order valence-corrected chi connectivity index (χ2v) is 14.6. The Morgan fingerprint density at radius 1 is 0.439 bits per heavy atom. The van der Waals surface area contributed by atoms with Crippen molar-refractivity contribution in [3.63, 3.8) is 0 Å². The molecule has 0 fully saturated rings. The van der Waals surface area contributed by atoms with Crippen LogP contribution in [0.25, 0.3) is 0 Å². The van der Waals surface area contributed by atoms with Gasteiger partial charge in [-0.1, -0.05) is 106 Å². The predicted molar refractivity (Wildman–Crippen MR) is 220 cm³/mol. The number of carboxylic acids is 2. The molecule has 6 N–H and O–H groups in total. The largest absolute Gasteiger partial charge is 0.481 e. The lowest BCUT2D eigenvalue weighted by molar-refractivity contribution is -0.143. The molecule has 1 atom stereocenters. The Labute approximate surface area is 348 Å². The molecule has 0 bridgehead atoms. The summed E-state index contributed by atoms with van der Waals surface area (Å²) in [5.74, 6) is -2.79. The first kappa shape index (κ1) is 54.1. The summed E-state index contributed by atoms with van der Waals surface area (Å²) in [6.45, 7) is 2.15. The van der Waals surface area contributed by atoms with E-state index in [-0.39, 0.29) is 75.7 Å². The zero-order valence-electron chi connectivity index (χ0n) is 34.3. The van der Waals surface area contributed by atoms with Crippen molar-refractivity contribution in [2.75, 3.05) is 77.8 Å². The SMILES string of the molecule is O=C(O)CCCCCCCCCCCCCCCCCCC(=O)NCCOCCOCC(=O)NCCOCCOCC(=O)N[C@@H](CCCCNC(=O)CBr)C(=O)O. The van der Waals surface area contributed by atoms with Gasteiger partial charge in [0.1, 0.15) is 19.3 Å². The number of halogens is 1. The lowest BCUT2D eigenvalue weighted by Gasteiger charge is -2.14. The number of hydrogen-bond donors (Lipinski definition) is 6. The molecule has 4 amide bonds. The molecule has 332 valence electrons. The molecule has 0 aromatic carbocycles. The molecule has 0 saturated heterocycles. The molecule has 0 aliphatic heterocycles. The Bertz CT molecular complexity index is 1060. The lowest BCUT2D eigenvalue weighted by atomic mass is 10.0. The van der Waals surface area contributed by atoms with Crippen molar-refractivity contribution in [1.29, 1.82) is 0 Å². The number of rotatable bonds is 43. The van der Waals surface area contributed by atoms with Crippen LogP contribution in [0.3, 0.4) is 0 Å². The third kappa shape index (κ3) is 41.1. The summed E-state index contributed by atoms with van der Waals surface area (Å²) >= 11 is 3.04. The van der Waals surface area contributed by atoms with Crippen molar-refractivity contribution in [2.45, 2.75) is 141 Å². The zero-order chi connectivity index (χ0) is 42.0. The Balaban J connectivity index is 3.45. The molecule has 0 aliphatic rings. The van der Waals surface area contributed by atoms with Gasteiger partial charge in [-0.2, -0.15) is 0 Å². The fraction of sp³-hybridized carbons (Fsp3) is 0.850. The summed E-state index contributed by atoms with van der Waals surface area (Å²) in [6, 6.07) is -1.04. The number of alkyl halides is 1. The predicted octanol–water partition coefficient (Wildman–Crippen LogP) is 4.64. The maximum Gasteiger partial charge on any atom is 0.326 e. The van der Waals surface area contributed by atoms with Gasteiger partial charge in [-0.3, -0.25) is 24.0 Å². The van der Waals surface area contributed by atoms with Crippen LogP contribution in [-0.2, 0) is 47.7 Å². The number of ether oxygens (including phenoxy) is 4. The highest BCUT2D eigenvalue weighted by Crippen LogP contribution is 2.14. The average molecular weight is 882 g/mol. The van der Waals surface area contributed by atoms with Crippen molar-refractivity contribution in [3.8, 4) is 0 Å². The smallest absolute Gasteiger partial charge is 0.326 e. The van der Waals surface area contributed by atoms with Gasteiger partial charge < -0.3 is 50.4 Å². The van der Waals surface area contributed by atoms with Crippen LogP contribution in [0.15, 0.2) is 0 Å². The van der Waals surface area contributed by atoms with Gasteiger partial charge in [0.05, 0.1) is 45.0 Å². The quantitative estimate of drug-likeness (QED) is 0.0364. The molecule has 0 heterocycles. The van der Waals surface area contributed by atoms with Crippen LogP contribution < -0.4 is 21.3 Å². The van der Waals surface area contributed by atoms with E-state index in [1.54, 1.807) is 0 Å². The second-order valence-electron chi connectivity index (χ2n) is 14.0. The van der Waals surface area contributed by atoms with E-state index in [1.165, 1.54) is 70.6 Å². The van der Waals surface area contributed by atoms with E-state index in [9.17, 15) is 33.9 Å². The zero-order valence-corrected chi connectivity index (χ0v) is 35.9. The third-order valence-corrected chi connectivity index (χ3v) is 9.40. The van der Waals surface area contributed by atoms with E-state index in [0.29, 0.717) is 52.0 Å². The highest BCUT2D eigenvalue weighted by Gasteiger charge is 2.19. The molecule has 0 aromatic heterocycles. The van der Waals surface area contributed by atoms with Gasteiger partial charge in [0.25, 0.3) is 0 Å². The minimum atomic E-state index is -1.14. The monoisotopic (exact) mass is 880 g/mol. The van der Waals surface area contributed by atoms with E-state index < -0.39 is 23.9 Å². The van der Waals surface area contributed by atoms with Crippen molar-refractivity contribution in [1.82, 2.24) is 21.3 Å². The maximum absolute atomic E-state index is 12.0. The van der Waals surface area contributed by atoms with Gasteiger partial charge in [0.15, 0.2) is 0 Å². The first-order valence-corrected chi connectivity index (χ1v) is 22.2. The van der Waals surface area contributed by atoms with E-state index in [1.807, 2.05) is 0 Å². The number of aliphatic carboxylic acids is 2. The van der Waals surface area contributed by atoms with Crippen LogP contribution in [0.4, 0.5) is 0 Å². The Kier molecular flexibility index (Phi) is 39.2. The molecule has 17 heteroatoms. The number of hydrogen-bond acceptors (Lipinski definition) is 10. The third-order valence-electron chi connectivity index (χ3n) is 8.89. The lowest BCUT2D eigenvalue weighted by Crippen LogP contribution is -2.42. The first-order valence-electron chi connectivity index (χ1n) is 21.1. The standard InChI is InChI=1S/C40H73BrN4O12/c41-31-36(47)42-22-18-17-19-34(40(52)53)45-38(49)33-57-30-28-55-26-24-44-37(48)32-56-29-27-54-25-23-43-35(46)20-15-13-11-9-7-5-3-1-2-4-6-8-10-12-14-16-21-39(50)51/h34H,1-33H2,(H,42,47)(H,43,46)(H,44,48)(H,45,49)(H,50,51)(H,52,53)/t34-/m0/s1. The highest BCUT2D eigenvalue weighted by molar-refractivity contribution is 9.09. The number of nitrogens with one attached hydrogen (secondary N) is 4. The highest BCUT2D eigenvalue weighted by atomic mass is 79.9. The molecule has 0 radical (unpaired) electrons. The molecule has 0 aromatic rings. The van der Waals surface area contributed by atoms with Crippen LogP contribution in [0, 0.1) is 0 Å².